The Hall–Kier alpha value is -2.83. The monoisotopic (exact) mass is 911 g/mol. The summed E-state index contributed by atoms with van der Waals surface area (Å²) >= 11 is 0. The Morgan fingerprint density at radius 2 is 1.55 bits per heavy atom. The Bertz CT molecular complexity index is 2630. The molecule has 0 radical (unpaired) electrons. The number of benzene rings is 3. The minimum absolute atomic E-state index is 0. The molecule has 1 aliphatic carbocycles. The fourth-order valence-electron chi connectivity index (χ4n) is 8.73. The molecule has 0 spiro atoms. The van der Waals surface area contributed by atoms with Crippen molar-refractivity contribution in [2.75, 3.05) is 23.7 Å². The van der Waals surface area contributed by atoms with Gasteiger partial charge in [0.25, 0.3) is 0 Å². The Balaban J connectivity index is 0.00000422. The van der Waals surface area contributed by atoms with E-state index in [-0.39, 0.29) is 84.1 Å². The standard InChI is InChI=1S/C45H49F3N2O8S2.2Na/c1-6-7-20-49-37-16-12-28(24-41(51)52)23-33(37)44(2,3)39(49)18-13-29-10-8-11-30(42(29)43-35(47)25-31(46)26-36(43)48)14-19-40-45(4,5)34-27-32(60(56,57)58)15-17-38(34)50(40)21-9-22-59(53,54)55;;/h12-19,23,25-27H,6-11,20-22,24H2,1-5H3,(H2-,51,52,53,54,55,56,57,58);;/q;2*+1/p-1. The zero-order valence-corrected chi connectivity index (χ0v) is 41.8. The summed E-state index contributed by atoms with van der Waals surface area (Å²) in [5.74, 6) is -4.86. The molecule has 3 aliphatic rings. The van der Waals surface area contributed by atoms with Gasteiger partial charge in [0, 0.05) is 65.4 Å². The van der Waals surface area contributed by atoms with Crippen molar-refractivity contribution in [3.05, 3.63) is 129 Å². The largest absolute Gasteiger partial charge is 1.00 e. The van der Waals surface area contributed by atoms with Gasteiger partial charge in [0.2, 0.25) is 5.69 Å². The number of halogens is 3. The fraction of sp³-hybridized carbons (Fsp3) is 0.378. The number of aliphatic carboxylic acids is 1. The van der Waals surface area contributed by atoms with Crippen LogP contribution < -0.4 is 64.0 Å². The quantitative estimate of drug-likeness (QED) is 0.146. The van der Waals surface area contributed by atoms with Crippen molar-refractivity contribution >= 4 is 48.9 Å². The zero-order valence-electron chi connectivity index (χ0n) is 36.1. The molecule has 0 fully saturated rings. The maximum Gasteiger partial charge on any atom is 1.00 e. The Morgan fingerprint density at radius 1 is 0.871 bits per heavy atom. The summed E-state index contributed by atoms with van der Waals surface area (Å²) in [6.07, 6.45) is 10.1. The molecule has 320 valence electrons. The van der Waals surface area contributed by atoms with Gasteiger partial charge < -0.3 is 19.1 Å². The zero-order chi connectivity index (χ0) is 43.9. The first kappa shape index (κ1) is 51.8. The summed E-state index contributed by atoms with van der Waals surface area (Å²) in [6, 6.07) is 10.8. The number of allylic oxidation sites excluding steroid dienone is 8. The van der Waals surface area contributed by atoms with Crippen LogP contribution in [0.15, 0.2) is 94.6 Å². The van der Waals surface area contributed by atoms with Crippen molar-refractivity contribution in [1.29, 1.82) is 0 Å². The van der Waals surface area contributed by atoms with E-state index in [2.05, 4.69) is 11.8 Å². The number of unbranched alkanes of at least 4 members (excludes halogenated alkanes) is 1. The van der Waals surface area contributed by atoms with E-state index in [0.29, 0.717) is 71.6 Å². The second-order valence-corrected chi connectivity index (χ2v) is 19.4. The van der Waals surface area contributed by atoms with E-state index in [1.165, 1.54) is 12.1 Å². The fourth-order valence-corrected chi connectivity index (χ4v) is 9.71. The molecule has 0 amide bonds. The SMILES string of the molecule is CCCCN1C(=CC=C2CCCC(C=CC3=[N+](CCCS(=O)(=O)[O-])c4ccc(S(=O)(=O)[O-])cc4C3(C)C)=C2c2c(F)cc(F)cc2F)C(C)(C)c2cc(CC(=O)O)ccc21.[Na+].[Na+]. The van der Waals surface area contributed by atoms with Crippen molar-refractivity contribution in [1.82, 2.24) is 0 Å². The predicted molar refractivity (Wildman–Crippen MR) is 222 cm³/mol. The maximum atomic E-state index is 15.9. The van der Waals surface area contributed by atoms with Crippen LogP contribution in [0.5, 0.6) is 0 Å². The Morgan fingerprint density at radius 3 is 2.16 bits per heavy atom. The average molecular weight is 912 g/mol. The second kappa shape index (κ2) is 20.1. The summed E-state index contributed by atoms with van der Waals surface area (Å²) in [5.41, 5.74) is 4.37. The molecule has 0 bridgehead atoms. The first-order chi connectivity index (χ1) is 28.0. The van der Waals surface area contributed by atoms with Crippen molar-refractivity contribution in [2.45, 2.75) is 95.3 Å². The number of hydrogen-bond acceptors (Lipinski definition) is 8. The maximum absolute atomic E-state index is 15.9. The molecule has 0 saturated carbocycles. The van der Waals surface area contributed by atoms with Gasteiger partial charge in [-0.15, -0.1) is 0 Å². The molecule has 0 saturated heterocycles. The normalized spacial score (nSPS) is 18.3. The third-order valence-electron chi connectivity index (χ3n) is 11.7. The molecule has 0 aromatic heterocycles. The van der Waals surface area contributed by atoms with Gasteiger partial charge in [-0.05, 0) is 91.7 Å². The molecule has 1 N–H and O–H groups in total. The Kier molecular flexibility index (Phi) is 16.8. The molecule has 3 aromatic carbocycles. The molecule has 0 atom stereocenters. The van der Waals surface area contributed by atoms with Crippen LogP contribution in [0.1, 0.15) is 95.4 Å². The smallest absolute Gasteiger partial charge is 0.748 e. The Labute approximate surface area is 406 Å². The van der Waals surface area contributed by atoms with E-state index < -0.39 is 70.7 Å². The molecule has 2 heterocycles. The third kappa shape index (κ3) is 11.0. The number of carbonyl (C=O) groups is 1. The van der Waals surface area contributed by atoms with Crippen LogP contribution in [0.3, 0.4) is 0 Å². The van der Waals surface area contributed by atoms with Crippen LogP contribution >= 0.6 is 0 Å². The number of carboxylic acids is 1. The number of carboxylic acid groups (broad SMARTS) is 1. The van der Waals surface area contributed by atoms with E-state index in [4.69, 9.17) is 0 Å². The minimum Gasteiger partial charge on any atom is -0.748 e. The second-order valence-electron chi connectivity index (χ2n) is 16.5. The average Bonchev–Trinajstić information content (AvgIpc) is 3.48. The third-order valence-corrected chi connectivity index (χ3v) is 13.3. The number of fused-ring (bicyclic) bond motifs is 2. The number of hydrogen-bond donors (Lipinski definition) is 1. The summed E-state index contributed by atoms with van der Waals surface area (Å²) in [7, 11) is -9.40. The van der Waals surface area contributed by atoms with Gasteiger partial charge in [0.15, 0.2) is 5.71 Å². The van der Waals surface area contributed by atoms with Gasteiger partial charge in [-0.25, -0.2) is 30.0 Å². The minimum atomic E-state index is -4.84. The number of anilines is 1. The summed E-state index contributed by atoms with van der Waals surface area (Å²) in [5, 5.41) is 9.49. The van der Waals surface area contributed by atoms with Gasteiger partial charge in [-0.1, -0.05) is 51.5 Å². The first-order valence-corrected chi connectivity index (χ1v) is 22.8. The van der Waals surface area contributed by atoms with Crippen LogP contribution in [0.4, 0.5) is 24.5 Å². The van der Waals surface area contributed by atoms with Crippen LogP contribution in [0, 0.1) is 17.5 Å². The van der Waals surface area contributed by atoms with Gasteiger partial charge in [0.05, 0.1) is 32.4 Å². The molecule has 0 unspecified atom stereocenters. The van der Waals surface area contributed by atoms with Gasteiger partial charge in [0.1, 0.15) is 34.1 Å². The number of rotatable bonds is 14. The molecule has 62 heavy (non-hydrogen) atoms. The van der Waals surface area contributed by atoms with Crippen molar-refractivity contribution in [3.63, 3.8) is 0 Å². The first-order valence-electron chi connectivity index (χ1n) is 19.8. The van der Waals surface area contributed by atoms with Gasteiger partial charge >= 0.3 is 65.1 Å². The van der Waals surface area contributed by atoms with E-state index in [9.17, 15) is 40.2 Å². The molecule has 10 nitrogen and oxygen atoms in total. The van der Waals surface area contributed by atoms with Crippen molar-refractivity contribution in [2.24, 2.45) is 0 Å². The molecule has 2 aliphatic heterocycles. The van der Waals surface area contributed by atoms with Crippen LogP contribution in [0.25, 0.3) is 5.57 Å². The molecule has 17 heteroatoms. The molecular formula is C45H48F3N2Na2O8S2+. The molecule has 6 rings (SSSR count). The van der Waals surface area contributed by atoms with Crippen LogP contribution in [-0.4, -0.2) is 66.1 Å². The molecule has 3 aromatic rings. The van der Waals surface area contributed by atoms with Crippen molar-refractivity contribution < 1.29 is 113 Å². The van der Waals surface area contributed by atoms with E-state index in [1.54, 1.807) is 30.6 Å². The summed E-state index contributed by atoms with van der Waals surface area (Å²) in [4.78, 5) is 13.3. The van der Waals surface area contributed by atoms with Gasteiger partial charge in [-0.2, -0.15) is 4.58 Å². The van der Waals surface area contributed by atoms with Crippen molar-refractivity contribution in [3.8, 4) is 0 Å². The topological polar surface area (TPSA) is 158 Å². The predicted octanol–water partition coefficient (Wildman–Crippen LogP) is 2.56. The van der Waals surface area contributed by atoms with Crippen LogP contribution in [0.2, 0.25) is 0 Å². The molecular weight excluding hydrogens is 864 g/mol. The van der Waals surface area contributed by atoms with E-state index >= 15 is 8.78 Å². The van der Waals surface area contributed by atoms with Crippen LogP contribution in [-0.2, 0) is 42.3 Å². The number of nitrogens with zero attached hydrogens (tertiary/aromatic N) is 2. The van der Waals surface area contributed by atoms with E-state index in [0.717, 1.165) is 35.9 Å². The van der Waals surface area contributed by atoms with Gasteiger partial charge in [-0.3, -0.25) is 4.79 Å². The summed E-state index contributed by atoms with van der Waals surface area (Å²) in [6.45, 7) is 10.5. The van der Waals surface area contributed by atoms with E-state index in [1.807, 2.05) is 44.2 Å². The summed E-state index contributed by atoms with van der Waals surface area (Å²) < 4.78 is 119.